The van der Waals surface area contributed by atoms with Gasteiger partial charge in [-0.1, -0.05) is 6.92 Å². The number of Topliss-reactive ketones (excluding diaryl/α,β-unsaturated/α-hetero) is 2. The number of phenols is 2. The second-order valence-electron chi connectivity index (χ2n) is 11.7. The second kappa shape index (κ2) is 8.48. The van der Waals surface area contributed by atoms with E-state index < -0.39 is 76.4 Å². The van der Waals surface area contributed by atoms with Crippen molar-refractivity contribution >= 4 is 23.1 Å². The summed E-state index contributed by atoms with van der Waals surface area (Å²) < 4.78 is 12.0. The molecular weight excluding hydrogens is 536 g/mol. The van der Waals surface area contributed by atoms with Crippen molar-refractivity contribution in [3.8, 4) is 34.1 Å². The number of aliphatic hydroxyl groups is 5. The Morgan fingerprint density at radius 2 is 1.29 bits per heavy atom. The molecule has 0 amide bonds. The number of carbonyl (C=O) groups is 2. The van der Waals surface area contributed by atoms with Crippen LogP contribution in [0.25, 0.3) is 22.6 Å². The molecule has 216 valence electrons. The molecule has 2 aliphatic carbocycles. The summed E-state index contributed by atoms with van der Waals surface area (Å²) in [5.74, 6) is -3.87. The molecule has 2 aromatic carbocycles. The Morgan fingerprint density at radius 1 is 0.756 bits per heavy atom. The molecule has 0 radical (unpaired) electrons. The number of aliphatic hydroxyl groups excluding tert-OH is 5. The van der Waals surface area contributed by atoms with E-state index in [1.165, 1.54) is 32.0 Å². The van der Waals surface area contributed by atoms with Crippen molar-refractivity contribution in [1.82, 2.24) is 0 Å². The van der Waals surface area contributed by atoms with Gasteiger partial charge in [-0.3, -0.25) is 9.59 Å². The van der Waals surface area contributed by atoms with Gasteiger partial charge in [-0.25, -0.2) is 0 Å². The fourth-order valence-corrected chi connectivity index (χ4v) is 6.84. The van der Waals surface area contributed by atoms with Crippen LogP contribution in [-0.4, -0.2) is 76.8 Å². The largest absolute Gasteiger partial charge is 0.506 e. The topological polar surface area (TPSA) is 194 Å². The highest BCUT2D eigenvalue weighted by molar-refractivity contribution is 6.08. The van der Waals surface area contributed by atoms with Crippen LogP contribution in [0.1, 0.15) is 50.3 Å². The van der Waals surface area contributed by atoms with E-state index in [4.69, 9.17) is 9.47 Å². The molecule has 0 aromatic heterocycles. The first kappa shape index (κ1) is 27.1. The lowest BCUT2D eigenvalue weighted by Gasteiger charge is -2.45. The molecule has 2 heterocycles. The summed E-state index contributed by atoms with van der Waals surface area (Å²) in [5.41, 5.74) is -3.86. The number of benzene rings is 2. The number of ketones is 2. The summed E-state index contributed by atoms with van der Waals surface area (Å²) in [4.78, 5) is 25.8. The van der Waals surface area contributed by atoms with Gasteiger partial charge in [0.05, 0.1) is 17.3 Å². The lowest BCUT2D eigenvalue weighted by atomic mass is 9.70. The van der Waals surface area contributed by atoms with Crippen molar-refractivity contribution in [3.05, 3.63) is 46.0 Å². The van der Waals surface area contributed by atoms with Gasteiger partial charge in [-0.15, -0.1) is 0 Å². The van der Waals surface area contributed by atoms with Gasteiger partial charge in [0, 0.05) is 24.0 Å². The smallest absolute Gasteiger partial charge is 0.169 e. The SMILES string of the molecule is Cc1cc2c(c(O)c1-c1ccc3c(c1O)C(O)=C1C(=O)C[C@H](C)[C@H](O)[C@]1(C)O3)C(O)=C1C(=O)C[C@H](O)[C@H](O)[C@]1(C)O2. The highest BCUT2D eigenvalue weighted by atomic mass is 16.5. The average Bonchev–Trinajstić information content (AvgIpc) is 2.86. The summed E-state index contributed by atoms with van der Waals surface area (Å²) >= 11 is 0. The molecule has 7 N–H and O–H groups in total. The first-order chi connectivity index (χ1) is 19.1. The molecular formula is C30H30O11. The normalized spacial score (nSPS) is 32.5. The van der Waals surface area contributed by atoms with Gasteiger partial charge in [0.1, 0.15) is 57.9 Å². The zero-order chi connectivity index (χ0) is 29.9. The van der Waals surface area contributed by atoms with E-state index in [1.807, 2.05) is 0 Å². The summed E-state index contributed by atoms with van der Waals surface area (Å²) in [5, 5.41) is 77.0. The molecule has 6 rings (SSSR count). The number of phenolic OH excluding ortho intramolecular Hbond substituents is 2. The van der Waals surface area contributed by atoms with Gasteiger partial charge in [-0.05, 0) is 50.5 Å². The lowest BCUT2D eigenvalue weighted by molar-refractivity contribution is -0.139. The third-order valence-electron chi connectivity index (χ3n) is 8.95. The molecule has 0 spiro atoms. The van der Waals surface area contributed by atoms with Crippen LogP contribution in [0.3, 0.4) is 0 Å². The molecule has 0 saturated heterocycles. The molecule has 11 nitrogen and oxygen atoms in total. The van der Waals surface area contributed by atoms with Gasteiger partial charge < -0.3 is 45.2 Å². The van der Waals surface area contributed by atoms with Gasteiger partial charge >= 0.3 is 0 Å². The second-order valence-corrected chi connectivity index (χ2v) is 11.7. The van der Waals surface area contributed by atoms with E-state index in [2.05, 4.69) is 0 Å². The first-order valence-corrected chi connectivity index (χ1v) is 13.2. The van der Waals surface area contributed by atoms with E-state index >= 15 is 0 Å². The Hall–Kier alpha value is -4.06. The van der Waals surface area contributed by atoms with Crippen molar-refractivity contribution in [1.29, 1.82) is 0 Å². The predicted octanol–water partition coefficient (Wildman–Crippen LogP) is 2.58. The van der Waals surface area contributed by atoms with Crippen LogP contribution in [0.15, 0.2) is 29.3 Å². The third kappa shape index (κ3) is 3.36. The quantitative estimate of drug-likeness (QED) is 0.268. The van der Waals surface area contributed by atoms with Crippen LogP contribution in [0.2, 0.25) is 0 Å². The van der Waals surface area contributed by atoms with E-state index in [1.54, 1.807) is 13.8 Å². The number of carbonyl (C=O) groups excluding carboxylic acids is 2. The maximum atomic E-state index is 13.0. The number of hydrogen-bond acceptors (Lipinski definition) is 11. The highest BCUT2D eigenvalue weighted by Crippen LogP contribution is 2.55. The molecule has 2 aliphatic heterocycles. The first-order valence-electron chi connectivity index (χ1n) is 13.2. The number of fused-ring (bicyclic) bond motifs is 4. The number of aromatic hydroxyl groups is 2. The molecule has 2 saturated carbocycles. The summed E-state index contributed by atoms with van der Waals surface area (Å²) in [7, 11) is 0. The fourth-order valence-electron chi connectivity index (χ4n) is 6.84. The van der Waals surface area contributed by atoms with Gasteiger partial charge in [0.2, 0.25) is 0 Å². The van der Waals surface area contributed by atoms with Crippen LogP contribution in [0.5, 0.6) is 23.0 Å². The Morgan fingerprint density at radius 3 is 1.93 bits per heavy atom. The fraction of sp³-hybridized carbons (Fsp3) is 0.400. The molecule has 2 fully saturated rings. The third-order valence-corrected chi connectivity index (χ3v) is 8.95. The van der Waals surface area contributed by atoms with Crippen LogP contribution < -0.4 is 9.47 Å². The van der Waals surface area contributed by atoms with E-state index in [0.29, 0.717) is 5.56 Å². The minimum atomic E-state index is -1.78. The van der Waals surface area contributed by atoms with Gasteiger partial charge in [0.25, 0.3) is 0 Å². The molecule has 6 atom stereocenters. The maximum Gasteiger partial charge on any atom is 0.169 e. The van der Waals surface area contributed by atoms with Crippen molar-refractivity contribution in [3.63, 3.8) is 0 Å². The Labute approximate surface area is 234 Å². The Balaban J connectivity index is 1.55. The zero-order valence-electron chi connectivity index (χ0n) is 22.7. The zero-order valence-corrected chi connectivity index (χ0v) is 22.7. The molecule has 11 heteroatoms. The summed E-state index contributed by atoms with van der Waals surface area (Å²) in [6.45, 7) is 6.14. The van der Waals surface area contributed by atoms with Crippen LogP contribution >= 0.6 is 0 Å². The number of aryl methyl sites for hydroxylation is 1. The Kier molecular flexibility index (Phi) is 5.61. The molecule has 0 unspecified atom stereocenters. The molecule has 0 bridgehead atoms. The number of ether oxygens (including phenoxy) is 2. The van der Waals surface area contributed by atoms with Gasteiger partial charge in [-0.2, -0.15) is 0 Å². The highest BCUT2D eigenvalue weighted by Gasteiger charge is 2.56. The van der Waals surface area contributed by atoms with Crippen molar-refractivity contribution in [2.75, 3.05) is 0 Å². The van der Waals surface area contributed by atoms with Crippen LogP contribution in [0.4, 0.5) is 0 Å². The summed E-state index contributed by atoms with van der Waals surface area (Å²) in [6.07, 6.45) is -4.56. The van der Waals surface area contributed by atoms with Crippen molar-refractivity contribution < 1.29 is 54.8 Å². The van der Waals surface area contributed by atoms with E-state index in [0.717, 1.165) is 0 Å². The average molecular weight is 567 g/mol. The minimum absolute atomic E-state index is 0.00893. The molecule has 2 aromatic rings. The minimum Gasteiger partial charge on any atom is -0.506 e. The van der Waals surface area contributed by atoms with Crippen LogP contribution in [0, 0.1) is 12.8 Å². The van der Waals surface area contributed by atoms with E-state index in [9.17, 15) is 45.3 Å². The monoisotopic (exact) mass is 566 g/mol. The lowest BCUT2D eigenvalue weighted by Crippen LogP contribution is -2.59. The maximum absolute atomic E-state index is 13.0. The van der Waals surface area contributed by atoms with Crippen molar-refractivity contribution in [2.45, 2.75) is 70.1 Å². The van der Waals surface area contributed by atoms with Gasteiger partial charge in [0.15, 0.2) is 22.8 Å². The molecule has 41 heavy (non-hydrogen) atoms. The Bertz CT molecular complexity index is 1640. The molecule has 4 aliphatic rings. The number of hydrogen-bond donors (Lipinski definition) is 7. The standard InChI is InChI=1S/C30H30O11/c1-10-8-17-20(26(37)22-14(32)9-15(33)28(39)30(22,4)41-17)24(35)18(10)12-5-6-16-19(23(12)34)25(36)21-13(31)7-11(2)27(38)29(21,3)40-16/h5-6,8,11,15,27-28,33-39H,7,9H2,1-4H3/t11-,15-,27-,28-,29+,30+/m0/s1. The van der Waals surface area contributed by atoms with Crippen molar-refractivity contribution in [2.24, 2.45) is 5.92 Å². The van der Waals surface area contributed by atoms with E-state index in [-0.39, 0.29) is 51.3 Å². The predicted molar refractivity (Wildman–Crippen MR) is 144 cm³/mol. The van der Waals surface area contributed by atoms with Crippen LogP contribution in [-0.2, 0) is 9.59 Å². The number of rotatable bonds is 1. The summed E-state index contributed by atoms with van der Waals surface area (Å²) in [6, 6.07) is 4.27.